The molecule has 0 unspecified atom stereocenters. The van der Waals surface area contributed by atoms with E-state index in [1.54, 1.807) is 17.4 Å². The molecule has 0 amide bonds. The van der Waals surface area contributed by atoms with Crippen LogP contribution in [0.1, 0.15) is 15.3 Å². The van der Waals surface area contributed by atoms with Gasteiger partial charge in [-0.15, -0.1) is 11.3 Å². The highest BCUT2D eigenvalue weighted by Gasteiger charge is 2.04. The quantitative estimate of drug-likeness (QED) is 0.851. The zero-order valence-corrected chi connectivity index (χ0v) is 12.1. The summed E-state index contributed by atoms with van der Waals surface area (Å²) in [6.45, 7) is 4.99. The summed E-state index contributed by atoms with van der Waals surface area (Å²) >= 11 is 5.14. The Hall–Kier alpha value is -0.870. The molecule has 0 spiro atoms. The van der Waals surface area contributed by atoms with Crippen LogP contribution in [0.2, 0.25) is 0 Å². The molecule has 1 N–H and O–H groups in total. The van der Waals surface area contributed by atoms with Crippen LogP contribution in [0.15, 0.2) is 28.7 Å². The first-order valence-corrected chi connectivity index (χ1v) is 6.92. The smallest absolute Gasteiger partial charge is 0.124 e. The zero-order chi connectivity index (χ0) is 12.4. The minimum absolute atomic E-state index is 0.231. The molecule has 1 heterocycles. The molecule has 0 fully saturated rings. The van der Waals surface area contributed by atoms with Gasteiger partial charge in [0.2, 0.25) is 0 Å². The lowest BCUT2D eigenvalue weighted by atomic mass is 10.2. The van der Waals surface area contributed by atoms with Crippen LogP contribution >= 0.6 is 27.3 Å². The van der Waals surface area contributed by atoms with E-state index in [-0.39, 0.29) is 5.82 Å². The molecule has 0 aliphatic heterocycles. The molecule has 0 aliphatic carbocycles. The molecule has 0 aliphatic rings. The summed E-state index contributed by atoms with van der Waals surface area (Å²) in [5.41, 5.74) is 2.21. The molecule has 0 radical (unpaired) electrons. The number of hydrogen-bond acceptors (Lipinski definition) is 2. The van der Waals surface area contributed by atoms with Crippen molar-refractivity contribution in [2.45, 2.75) is 20.4 Å². The van der Waals surface area contributed by atoms with E-state index in [0.29, 0.717) is 0 Å². The molecule has 1 nitrogen and oxygen atoms in total. The van der Waals surface area contributed by atoms with Gasteiger partial charge >= 0.3 is 0 Å². The van der Waals surface area contributed by atoms with Crippen molar-refractivity contribution < 1.29 is 4.39 Å². The van der Waals surface area contributed by atoms with Crippen molar-refractivity contribution in [3.8, 4) is 0 Å². The highest BCUT2D eigenvalue weighted by molar-refractivity contribution is 9.10. The van der Waals surface area contributed by atoms with Crippen molar-refractivity contribution in [2.75, 3.05) is 5.32 Å². The third kappa shape index (κ3) is 3.07. The van der Waals surface area contributed by atoms with Crippen LogP contribution in [-0.4, -0.2) is 0 Å². The average Bonchev–Trinajstić information content (AvgIpc) is 2.56. The SMILES string of the molecule is Cc1cc(CNc2ccc(F)cc2Br)c(C)s1. The van der Waals surface area contributed by atoms with Gasteiger partial charge < -0.3 is 5.32 Å². The molecular weight excluding hydrogens is 301 g/mol. The van der Waals surface area contributed by atoms with Crippen molar-refractivity contribution in [1.29, 1.82) is 0 Å². The summed E-state index contributed by atoms with van der Waals surface area (Å²) < 4.78 is 13.7. The third-order valence-corrected chi connectivity index (χ3v) is 4.21. The number of halogens is 2. The molecule has 0 atom stereocenters. The first-order valence-electron chi connectivity index (χ1n) is 5.31. The molecule has 90 valence electrons. The van der Waals surface area contributed by atoms with Gasteiger partial charge in [-0.3, -0.25) is 0 Å². The van der Waals surface area contributed by atoms with Gasteiger partial charge in [-0.1, -0.05) is 0 Å². The predicted octanol–water partition coefficient (Wildman–Crippen LogP) is 4.88. The van der Waals surface area contributed by atoms with Gasteiger partial charge in [0.05, 0.1) is 0 Å². The summed E-state index contributed by atoms with van der Waals surface area (Å²) in [5, 5.41) is 3.30. The number of rotatable bonds is 3. The van der Waals surface area contributed by atoms with Crippen molar-refractivity contribution in [1.82, 2.24) is 0 Å². The minimum atomic E-state index is -0.231. The molecule has 1 aromatic carbocycles. The maximum Gasteiger partial charge on any atom is 0.124 e. The van der Waals surface area contributed by atoms with E-state index in [4.69, 9.17) is 0 Å². The molecule has 0 bridgehead atoms. The Bertz CT molecular complexity index is 536. The highest BCUT2D eigenvalue weighted by Crippen LogP contribution is 2.25. The summed E-state index contributed by atoms with van der Waals surface area (Å²) in [5.74, 6) is -0.231. The fraction of sp³-hybridized carbons (Fsp3) is 0.231. The lowest BCUT2D eigenvalue weighted by Gasteiger charge is -2.08. The highest BCUT2D eigenvalue weighted by atomic mass is 79.9. The summed E-state index contributed by atoms with van der Waals surface area (Å²) in [4.78, 5) is 2.64. The van der Waals surface area contributed by atoms with E-state index in [0.717, 1.165) is 16.7 Å². The zero-order valence-electron chi connectivity index (χ0n) is 9.68. The molecule has 17 heavy (non-hydrogen) atoms. The van der Waals surface area contributed by atoms with E-state index in [2.05, 4.69) is 41.2 Å². The van der Waals surface area contributed by atoms with E-state index in [1.165, 1.54) is 27.5 Å². The molecule has 2 rings (SSSR count). The van der Waals surface area contributed by atoms with Gasteiger partial charge in [0.25, 0.3) is 0 Å². The van der Waals surface area contributed by atoms with Crippen LogP contribution in [0.25, 0.3) is 0 Å². The summed E-state index contributed by atoms with van der Waals surface area (Å²) in [6.07, 6.45) is 0. The normalized spacial score (nSPS) is 10.6. The van der Waals surface area contributed by atoms with Gasteiger partial charge in [0.1, 0.15) is 5.82 Å². The minimum Gasteiger partial charge on any atom is -0.380 e. The number of benzene rings is 1. The van der Waals surface area contributed by atoms with Crippen molar-refractivity contribution in [3.63, 3.8) is 0 Å². The Morgan fingerprint density at radius 3 is 2.65 bits per heavy atom. The van der Waals surface area contributed by atoms with Crippen LogP contribution in [0.5, 0.6) is 0 Å². The Labute approximate surface area is 113 Å². The van der Waals surface area contributed by atoms with Crippen LogP contribution in [0.3, 0.4) is 0 Å². The maximum absolute atomic E-state index is 12.9. The van der Waals surface area contributed by atoms with E-state index >= 15 is 0 Å². The van der Waals surface area contributed by atoms with Gasteiger partial charge in [-0.25, -0.2) is 4.39 Å². The molecular formula is C13H13BrFNS. The number of thiophene rings is 1. The summed E-state index contributed by atoms with van der Waals surface area (Å²) in [6, 6.07) is 6.85. The van der Waals surface area contributed by atoms with Gasteiger partial charge in [-0.05, 0) is 59.6 Å². The third-order valence-electron chi connectivity index (χ3n) is 2.54. The van der Waals surface area contributed by atoms with Crippen molar-refractivity contribution >= 4 is 33.0 Å². The summed E-state index contributed by atoms with van der Waals surface area (Å²) in [7, 11) is 0. The van der Waals surface area contributed by atoms with E-state index in [1.807, 2.05) is 0 Å². The van der Waals surface area contributed by atoms with Gasteiger partial charge in [0.15, 0.2) is 0 Å². The van der Waals surface area contributed by atoms with Crippen LogP contribution in [-0.2, 0) is 6.54 Å². The first kappa shape index (κ1) is 12.6. The van der Waals surface area contributed by atoms with Crippen LogP contribution in [0, 0.1) is 19.7 Å². The number of aryl methyl sites for hydroxylation is 2. The number of anilines is 1. The van der Waals surface area contributed by atoms with Gasteiger partial charge in [0, 0.05) is 26.5 Å². The molecule has 1 aromatic heterocycles. The standard InChI is InChI=1S/C13H13BrFNS/c1-8-5-10(9(2)17-8)7-16-13-4-3-11(15)6-12(13)14/h3-6,16H,7H2,1-2H3. The van der Waals surface area contributed by atoms with Crippen LogP contribution < -0.4 is 5.32 Å². The van der Waals surface area contributed by atoms with Crippen LogP contribution in [0.4, 0.5) is 10.1 Å². The second-order valence-corrected chi connectivity index (χ2v) is 6.23. The van der Waals surface area contributed by atoms with Crippen molar-refractivity contribution in [3.05, 3.63) is 49.9 Å². The Morgan fingerprint density at radius 2 is 2.06 bits per heavy atom. The second-order valence-electron chi connectivity index (χ2n) is 3.92. The number of hydrogen-bond donors (Lipinski definition) is 1. The van der Waals surface area contributed by atoms with Crippen molar-refractivity contribution in [2.24, 2.45) is 0 Å². The van der Waals surface area contributed by atoms with E-state index in [9.17, 15) is 4.39 Å². The monoisotopic (exact) mass is 313 g/mol. The topological polar surface area (TPSA) is 12.0 Å². The largest absolute Gasteiger partial charge is 0.380 e. The first-order chi connectivity index (χ1) is 8.06. The molecule has 0 saturated heterocycles. The Kier molecular flexibility index (Phi) is 3.84. The average molecular weight is 314 g/mol. The lowest BCUT2D eigenvalue weighted by molar-refractivity contribution is 0.627. The van der Waals surface area contributed by atoms with E-state index < -0.39 is 0 Å². The Morgan fingerprint density at radius 1 is 1.29 bits per heavy atom. The fourth-order valence-corrected chi connectivity index (χ4v) is 3.12. The maximum atomic E-state index is 12.9. The Balaban J connectivity index is 2.10. The predicted molar refractivity (Wildman–Crippen MR) is 75.2 cm³/mol. The molecule has 0 saturated carbocycles. The lowest BCUT2D eigenvalue weighted by Crippen LogP contribution is -2.00. The fourth-order valence-electron chi connectivity index (χ4n) is 1.68. The number of nitrogens with one attached hydrogen (secondary N) is 1. The molecule has 2 aromatic rings. The molecule has 4 heteroatoms. The second kappa shape index (κ2) is 5.19. The van der Waals surface area contributed by atoms with Gasteiger partial charge in [-0.2, -0.15) is 0 Å².